The summed E-state index contributed by atoms with van der Waals surface area (Å²) in [6.07, 6.45) is 0. The maximum Gasteiger partial charge on any atom is 0.338 e. The third kappa shape index (κ3) is 6.07. The van der Waals surface area contributed by atoms with Crippen LogP contribution in [0.15, 0.2) is 71.6 Å². The summed E-state index contributed by atoms with van der Waals surface area (Å²) >= 11 is 6.25. The summed E-state index contributed by atoms with van der Waals surface area (Å²) in [4.78, 5) is 25.0. The van der Waals surface area contributed by atoms with Gasteiger partial charge in [0.05, 0.1) is 47.7 Å². The van der Waals surface area contributed by atoms with E-state index < -0.39 is 28.4 Å². The molecule has 0 heterocycles. The van der Waals surface area contributed by atoms with Crippen LogP contribution in [0.4, 0.5) is 11.4 Å². The van der Waals surface area contributed by atoms with Crippen LogP contribution in [0.25, 0.3) is 0 Å². The van der Waals surface area contributed by atoms with Gasteiger partial charge in [-0.1, -0.05) is 29.8 Å². The molecule has 0 atom stereocenters. The van der Waals surface area contributed by atoms with Gasteiger partial charge in [0.1, 0.15) is 18.0 Å². The minimum Gasteiger partial charge on any atom is -0.497 e. The summed E-state index contributed by atoms with van der Waals surface area (Å²) < 4.78 is 43.7. The minimum absolute atomic E-state index is 0.0144. The average molecular weight is 533 g/mol. The maximum absolute atomic E-state index is 13.6. The highest BCUT2D eigenvalue weighted by Crippen LogP contribution is 2.35. The molecule has 11 heteroatoms. The van der Waals surface area contributed by atoms with Gasteiger partial charge in [0.2, 0.25) is 5.91 Å². The molecule has 0 aliphatic rings. The van der Waals surface area contributed by atoms with Crippen molar-refractivity contribution in [3.05, 3.63) is 77.3 Å². The summed E-state index contributed by atoms with van der Waals surface area (Å²) in [5.41, 5.74) is 0.526. The average Bonchev–Trinajstić information content (AvgIpc) is 2.88. The van der Waals surface area contributed by atoms with Gasteiger partial charge in [0.15, 0.2) is 0 Å². The third-order valence-corrected chi connectivity index (χ3v) is 7.11. The van der Waals surface area contributed by atoms with E-state index in [2.05, 4.69) is 5.32 Å². The molecule has 3 aromatic rings. The van der Waals surface area contributed by atoms with Crippen LogP contribution in [-0.2, 0) is 19.6 Å². The van der Waals surface area contributed by atoms with Crippen molar-refractivity contribution >= 4 is 44.9 Å². The molecule has 0 spiro atoms. The van der Waals surface area contributed by atoms with E-state index in [1.54, 1.807) is 37.3 Å². The molecule has 0 aliphatic carbocycles. The monoisotopic (exact) mass is 532 g/mol. The summed E-state index contributed by atoms with van der Waals surface area (Å²) in [6, 6.07) is 16.6. The molecule has 0 saturated carbocycles. The van der Waals surface area contributed by atoms with Crippen LogP contribution in [-0.4, -0.2) is 47.7 Å². The molecular weight excluding hydrogens is 508 g/mol. The lowest BCUT2D eigenvalue weighted by Crippen LogP contribution is -2.38. The molecule has 36 heavy (non-hydrogen) atoms. The van der Waals surface area contributed by atoms with Crippen LogP contribution >= 0.6 is 11.6 Å². The first-order chi connectivity index (χ1) is 17.2. The quantitative estimate of drug-likeness (QED) is 0.386. The van der Waals surface area contributed by atoms with Crippen molar-refractivity contribution in [2.24, 2.45) is 0 Å². The fourth-order valence-corrected chi connectivity index (χ4v) is 4.96. The zero-order chi connectivity index (χ0) is 26.3. The molecule has 0 unspecified atom stereocenters. The van der Waals surface area contributed by atoms with Crippen LogP contribution in [0.3, 0.4) is 0 Å². The SMILES string of the molecule is CCOC(=O)c1ccc(NC(=O)CN(c2cc(OC)ccc2OC)S(=O)(=O)c2ccccc2)c(Cl)c1. The normalized spacial score (nSPS) is 10.9. The van der Waals surface area contributed by atoms with E-state index in [4.69, 9.17) is 25.8 Å². The van der Waals surface area contributed by atoms with Crippen molar-refractivity contribution in [1.82, 2.24) is 0 Å². The number of anilines is 2. The van der Waals surface area contributed by atoms with Crippen molar-refractivity contribution in [3.8, 4) is 11.5 Å². The second-order valence-electron chi connectivity index (χ2n) is 7.33. The van der Waals surface area contributed by atoms with E-state index in [1.165, 1.54) is 50.6 Å². The number of rotatable bonds is 10. The van der Waals surface area contributed by atoms with Crippen LogP contribution in [0.1, 0.15) is 17.3 Å². The van der Waals surface area contributed by atoms with E-state index in [9.17, 15) is 18.0 Å². The number of benzene rings is 3. The largest absolute Gasteiger partial charge is 0.497 e. The predicted molar refractivity (Wildman–Crippen MR) is 137 cm³/mol. The van der Waals surface area contributed by atoms with Gasteiger partial charge in [-0.15, -0.1) is 0 Å². The minimum atomic E-state index is -4.19. The van der Waals surface area contributed by atoms with Gasteiger partial charge < -0.3 is 19.5 Å². The molecule has 0 aromatic heterocycles. The van der Waals surface area contributed by atoms with E-state index >= 15 is 0 Å². The lowest BCUT2D eigenvalue weighted by atomic mass is 10.2. The number of nitrogens with one attached hydrogen (secondary N) is 1. The number of hydrogen-bond acceptors (Lipinski definition) is 7. The molecule has 1 amide bonds. The number of ether oxygens (including phenoxy) is 3. The number of methoxy groups -OCH3 is 2. The standard InChI is InChI=1S/C25H25ClN2O7S/c1-4-35-25(30)17-10-12-21(20(26)14-17)27-24(29)16-28(36(31,32)19-8-6-5-7-9-19)22-15-18(33-2)11-13-23(22)34-3/h5-15H,4,16H2,1-3H3,(H,27,29). The second-order valence-corrected chi connectivity index (χ2v) is 9.60. The Hall–Kier alpha value is -3.76. The van der Waals surface area contributed by atoms with Crippen molar-refractivity contribution in [2.75, 3.05) is 37.0 Å². The van der Waals surface area contributed by atoms with Crippen LogP contribution in [0.2, 0.25) is 5.02 Å². The van der Waals surface area contributed by atoms with E-state index in [0.29, 0.717) is 5.75 Å². The fourth-order valence-electron chi connectivity index (χ4n) is 3.29. The maximum atomic E-state index is 13.6. The highest BCUT2D eigenvalue weighted by Gasteiger charge is 2.30. The van der Waals surface area contributed by atoms with Gasteiger partial charge in [-0.3, -0.25) is 9.10 Å². The summed E-state index contributed by atoms with van der Waals surface area (Å²) in [5.74, 6) is -0.635. The molecule has 0 bridgehead atoms. The first-order valence-corrected chi connectivity index (χ1v) is 12.6. The predicted octanol–water partition coefficient (Wildman–Crippen LogP) is 4.37. The third-order valence-electron chi connectivity index (χ3n) is 5.03. The number of carbonyl (C=O) groups is 2. The molecule has 0 fully saturated rings. The number of sulfonamides is 1. The lowest BCUT2D eigenvalue weighted by molar-refractivity contribution is -0.114. The van der Waals surface area contributed by atoms with Crippen LogP contribution in [0.5, 0.6) is 11.5 Å². The molecular formula is C25H25ClN2O7S. The molecule has 0 saturated heterocycles. The highest BCUT2D eigenvalue weighted by molar-refractivity contribution is 7.92. The van der Waals surface area contributed by atoms with Gasteiger partial charge in [0, 0.05) is 6.07 Å². The summed E-state index contributed by atoms with van der Waals surface area (Å²) in [6.45, 7) is 1.28. The summed E-state index contributed by atoms with van der Waals surface area (Å²) in [5, 5.41) is 2.69. The number of halogens is 1. The Morgan fingerprint density at radius 1 is 0.972 bits per heavy atom. The number of nitrogens with zero attached hydrogens (tertiary/aromatic N) is 1. The van der Waals surface area contributed by atoms with E-state index in [0.717, 1.165) is 4.31 Å². The molecule has 9 nitrogen and oxygen atoms in total. The van der Waals surface area contributed by atoms with E-state index in [-0.39, 0.29) is 39.2 Å². The van der Waals surface area contributed by atoms with Crippen molar-refractivity contribution < 1.29 is 32.2 Å². The van der Waals surface area contributed by atoms with Gasteiger partial charge in [-0.05, 0) is 49.4 Å². The van der Waals surface area contributed by atoms with Crippen molar-refractivity contribution in [3.63, 3.8) is 0 Å². The Bertz CT molecular complexity index is 1350. The van der Waals surface area contributed by atoms with Crippen LogP contribution in [0, 0.1) is 0 Å². The first kappa shape index (κ1) is 26.8. The number of amides is 1. The summed E-state index contributed by atoms with van der Waals surface area (Å²) in [7, 11) is -1.36. The number of hydrogen-bond donors (Lipinski definition) is 1. The zero-order valence-electron chi connectivity index (χ0n) is 19.9. The lowest BCUT2D eigenvalue weighted by Gasteiger charge is -2.26. The topological polar surface area (TPSA) is 111 Å². The molecule has 0 radical (unpaired) electrons. The molecule has 3 rings (SSSR count). The van der Waals surface area contributed by atoms with Crippen molar-refractivity contribution in [1.29, 1.82) is 0 Å². The van der Waals surface area contributed by atoms with Gasteiger partial charge in [-0.25, -0.2) is 13.2 Å². The molecule has 0 aliphatic heterocycles. The molecule has 190 valence electrons. The fraction of sp³-hybridized carbons (Fsp3) is 0.200. The van der Waals surface area contributed by atoms with E-state index in [1.807, 2.05) is 0 Å². The van der Waals surface area contributed by atoms with Gasteiger partial charge in [0.25, 0.3) is 10.0 Å². The Morgan fingerprint density at radius 3 is 2.31 bits per heavy atom. The molecule has 3 aromatic carbocycles. The number of carbonyl (C=O) groups excluding carboxylic acids is 2. The zero-order valence-corrected chi connectivity index (χ0v) is 21.4. The molecule has 1 N–H and O–H groups in total. The number of esters is 1. The second kappa shape index (κ2) is 11.8. The Labute approximate surface area is 214 Å². The van der Waals surface area contributed by atoms with Gasteiger partial charge in [-0.2, -0.15) is 0 Å². The Kier molecular flexibility index (Phi) is 8.78. The Morgan fingerprint density at radius 2 is 1.69 bits per heavy atom. The Balaban J connectivity index is 1.97. The highest BCUT2D eigenvalue weighted by atomic mass is 35.5. The first-order valence-electron chi connectivity index (χ1n) is 10.8. The van der Waals surface area contributed by atoms with Crippen LogP contribution < -0.4 is 19.1 Å². The van der Waals surface area contributed by atoms with Crippen molar-refractivity contribution in [2.45, 2.75) is 11.8 Å². The van der Waals surface area contributed by atoms with Gasteiger partial charge >= 0.3 is 5.97 Å². The smallest absolute Gasteiger partial charge is 0.338 e.